The molecule has 0 bridgehead atoms. The Morgan fingerprint density at radius 1 is 1.08 bits per heavy atom. The lowest BCUT2D eigenvalue weighted by atomic mass is 10.2. The second kappa shape index (κ2) is 8.69. The van der Waals surface area contributed by atoms with Crippen LogP contribution in [0.15, 0.2) is 41.8 Å². The highest BCUT2D eigenvalue weighted by Gasteiger charge is 2.14. The van der Waals surface area contributed by atoms with E-state index in [1.165, 1.54) is 18.2 Å². The van der Waals surface area contributed by atoms with Gasteiger partial charge in [0.05, 0.1) is 4.88 Å². The molecule has 2 rings (SSSR count). The molecular formula is C16H13FN2O5S. The third-order valence-corrected chi connectivity index (χ3v) is 3.71. The number of carbonyl (C=O) groups excluding carboxylic acids is 4. The topological polar surface area (TPSA) is 102 Å². The molecule has 1 heterocycles. The van der Waals surface area contributed by atoms with Gasteiger partial charge in [-0.25, -0.2) is 4.39 Å². The van der Waals surface area contributed by atoms with E-state index in [0.29, 0.717) is 4.88 Å². The van der Waals surface area contributed by atoms with E-state index in [-0.39, 0.29) is 5.56 Å². The second-order valence-corrected chi connectivity index (χ2v) is 5.66. The van der Waals surface area contributed by atoms with Crippen LogP contribution in [0.3, 0.4) is 0 Å². The van der Waals surface area contributed by atoms with E-state index in [1.54, 1.807) is 17.5 Å². The van der Waals surface area contributed by atoms with Gasteiger partial charge in [0.25, 0.3) is 17.7 Å². The van der Waals surface area contributed by atoms with Crippen molar-refractivity contribution >= 4 is 35.0 Å². The Bertz CT molecular complexity index is 792. The maximum absolute atomic E-state index is 13.0. The van der Waals surface area contributed by atoms with Crippen molar-refractivity contribution in [2.45, 2.75) is 0 Å². The fourth-order valence-electron chi connectivity index (χ4n) is 1.71. The molecule has 7 nitrogen and oxygen atoms in total. The van der Waals surface area contributed by atoms with E-state index in [9.17, 15) is 23.6 Å². The van der Waals surface area contributed by atoms with E-state index in [2.05, 4.69) is 15.4 Å². The molecule has 2 N–H and O–H groups in total. The van der Waals surface area contributed by atoms with Crippen molar-refractivity contribution in [3.8, 4) is 0 Å². The Kier molecular flexibility index (Phi) is 6.35. The zero-order valence-electron chi connectivity index (χ0n) is 12.8. The number of carbonyl (C=O) groups is 4. The number of halogens is 1. The molecule has 1 aromatic carbocycles. The minimum Gasteiger partial charge on any atom is -0.454 e. The minimum atomic E-state index is -0.872. The number of thiophene rings is 1. The number of amides is 3. The van der Waals surface area contributed by atoms with E-state index in [1.807, 2.05) is 0 Å². The molecule has 2 aromatic rings. The van der Waals surface area contributed by atoms with E-state index >= 15 is 0 Å². The fraction of sp³-hybridized carbons (Fsp3) is 0.125. The molecule has 0 spiro atoms. The molecule has 0 unspecified atom stereocenters. The first-order chi connectivity index (χ1) is 12.0. The predicted molar refractivity (Wildman–Crippen MR) is 86.5 cm³/mol. The van der Waals surface area contributed by atoms with E-state index in [4.69, 9.17) is 0 Å². The van der Waals surface area contributed by atoms with Crippen LogP contribution < -0.4 is 10.6 Å². The summed E-state index contributed by atoms with van der Waals surface area (Å²) in [6, 6.07) is 8.14. The Morgan fingerprint density at radius 3 is 2.56 bits per heavy atom. The largest absolute Gasteiger partial charge is 0.454 e. The summed E-state index contributed by atoms with van der Waals surface area (Å²) >= 11 is 1.16. The maximum atomic E-state index is 13.0. The molecule has 9 heteroatoms. The number of hydrogen-bond acceptors (Lipinski definition) is 6. The van der Waals surface area contributed by atoms with E-state index in [0.717, 1.165) is 17.4 Å². The predicted octanol–water partition coefficient (Wildman–Crippen LogP) is 1.12. The monoisotopic (exact) mass is 364 g/mol. The molecule has 0 fully saturated rings. The summed E-state index contributed by atoms with van der Waals surface area (Å²) in [5.41, 5.74) is 0.0482. The molecular weight excluding hydrogens is 351 g/mol. The number of nitrogens with one attached hydrogen (secondary N) is 2. The van der Waals surface area contributed by atoms with Gasteiger partial charge in [0.15, 0.2) is 6.61 Å². The fourth-order valence-corrected chi connectivity index (χ4v) is 2.33. The molecule has 130 valence electrons. The van der Waals surface area contributed by atoms with Crippen molar-refractivity contribution in [3.63, 3.8) is 0 Å². The highest BCUT2D eigenvalue weighted by atomic mass is 32.1. The summed E-state index contributed by atoms with van der Waals surface area (Å²) in [5.74, 6) is -3.49. The standard InChI is InChI=1S/C16H13FN2O5S/c17-11-4-1-3-10(7-11)15(22)18-8-14(21)24-9-13(20)19-16(23)12-5-2-6-25-12/h1-7H,8-9H2,(H,18,22)(H,19,20,23). The third-order valence-electron chi connectivity index (χ3n) is 2.84. The lowest BCUT2D eigenvalue weighted by Gasteiger charge is -2.07. The first-order valence-electron chi connectivity index (χ1n) is 7.03. The van der Waals surface area contributed by atoms with E-state index < -0.39 is 42.7 Å². The van der Waals surface area contributed by atoms with Gasteiger partial charge in [-0.1, -0.05) is 12.1 Å². The van der Waals surface area contributed by atoms with Gasteiger partial charge < -0.3 is 10.1 Å². The summed E-state index contributed by atoms with van der Waals surface area (Å²) in [6.45, 7) is -1.16. The molecule has 0 aliphatic heterocycles. The zero-order chi connectivity index (χ0) is 18.2. The molecule has 3 amide bonds. The normalized spacial score (nSPS) is 9.96. The van der Waals surface area contributed by atoms with Crippen LogP contribution in [0.25, 0.3) is 0 Å². The van der Waals surface area contributed by atoms with Crippen molar-refractivity contribution in [2.75, 3.05) is 13.2 Å². The average molecular weight is 364 g/mol. The van der Waals surface area contributed by atoms with Crippen LogP contribution in [0.1, 0.15) is 20.0 Å². The lowest BCUT2D eigenvalue weighted by Crippen LogP contribution is -2.36. The van der Waals surface area contributed by atoms with Gasteiger partial charge in [0.2, 0.25) is 0 Å². The SMILES string of the molecule is O=C(COC(=O)CNC(=O)c1cccc(F)c1)NC(=O)c1cccs1. The number of rotatable bonds is 6. The van der Waals surface area contributed by atoms with Crippen molar-refractivity contribution in [1.29, 1.82) is 0 Å². The van der Waals surface area contributed by atoms with Gasteiger partial charge in [-0.2, -0.15) is 0 Å². The van der Waals surface area contributed by atoms with Crippen LogP contribution in [0.5, 0.6) is 0 Å². The quantitative estimate of drug-likeness (QED) is 0.748. The van der Waals surface area contributed by atoms with Gasteiger partial charge in [-0.3, -0.25) is 24.5 Å². The summed E-state index contributed by atoms with van der Waals surface area (Å²) in [5, 5.41) is 5.98. The van der Waals surface area contributed by atoms with Crippen LogP contribution in [0.4, 0.5) is 4.39 Å². The molecule has 1 aromatic heterocycles. The molecule has 0 atom stereocenters. The number of benzene rings is 1. The average Bonchev–Trinajstić information content (AvgIpc) is 3.12. The summed E-state index contributed by atoms with van der Waals surface area (Å²) < 4.78 is 17.6. The van der Waals surface area contributed by atoms with Crippen molar-refractivity contribution in [1.82, 2.24) is 10.6 Å². The zero-order valence-corrected chi connectivity index (χ0v) is 13.6. The van der Waals surface area contributed by atoms with Gasteiger partial charge in [-0.05, 0) is 29.6 Å². The number of esters is 1. The van der Waals surface area contributed by atoms with Gasteiger partial charge in [0.1, 0.15) is 12.4 Å². The summed E-state index contributed by atoms with van der Waals surface area (Å²) in [7, 11) is 0. The summed E-state index contributed by atoms with van der Waals surface area (Å²) in [6.07, 6.45) is 0. The highest BCUT2D eigenvalue weighted by molar-refractivity contribution is 7.12. The van der Waals surface area contributed by atoms with Crippen LogP contribution in [0.2, 0.25) is 0 Å². The Hall–Kier alpha value is -3.07. The molecule has 25 heavy (non-hydrogen) atoms. The molecule has 0 aliphatic carbocycles. The number of ether oxygens (including phenoxy) is 1. The lowest BCUT2D eigenvalue weighted by molar-refractivity contribution is -0.147. The smallest absolute Gasteiger partial charge is 0.325 e. The van der Waals surface area contributed by atoms with Crippen LogP contribution in [0, 0.1) is 5.82 Å². The van der Waals surface area contributed by atoms with Crippen molar-refractivity contribution in [2.24, 2.45) is 0 Å². The number of hydrogen-bond donors (Lipinski definition) is 2. The van der Waals surface area contributed by atoms with Crippen molar-refractivity contribution in [3.05, 3.63) is 58.0 Å². The first kappa shape index (κ1) is 18.3. The van der Waals surface area contributed by atoms with Crippen molar-refractivity contribution < 1.29 is 28.3 Å². The number of imide groups is 1. The maximum Gasteiger partial charge on any atom is 0.325 e. The third kappa shape index (κ3) is 5.81. The Balaban J connectivity index is 1.70. The minimum absolute atomic E-state index is 0.0482. The molecule has 0 aliphatic rings. The first-order valence-corrected chi connectivity index (χ1v) is 7.91. The second-order valence-electron chi connectivity index (χ2n) is 4.71. The van der Waals surface area contributed by atoms with Gasteiger partial charge in [-0.15, -0.1) is 11.3 Å². The van der Waals surface area contributed by atoms with Gasteiger partial charge in [0, 0.05) is 5.56 Å². The molecule has 0 radical (unpaired) electrons. The van der Waals surface area contributed by atoms with Crippen LogP contribution in [-0.4, -0.2) is 36.8 Å². The molecule has 0 saturated heterocycles. The van der Waals surface area contributed by atoms with Crippen LogP contribution >= 0.6 is 11.3 Å². The Morgan fingerprint density at radius 2 is 1.88 bits per heavy atom. The van der Waals surface area contributed by atoms with Gasteiger partial charge >= 0.3 is 5.97 Å². The van der Waals surface area contributed by atoms with Crippen LogP contribution in [-0.2, 0) is 14.3 Å². The summed E-state index contributed by atoms with van der Waals surface area (Å²) in [4.78, 5) is 46.7. The Labute approximate surface area is 145 Å². The molecule has 0 saturated carbocycles. The highest BCUT2D eigenvalue weighted by Crippen LogP contribution is 2.07.